The summed E-state index contributed by atoms with van der Waals surface area (Å²) in [7, 11) is -1.96. The number of nitrogens with zero attached hydrogens (tertiary/aromatic N) is 1. The number of carbonyl (C=O) groups excluding carboxylic acids is 2. The van der Waals surface area contributed by atoms with Gasteiger partial charge in [-0.15, -0.1) is 0 Å². The second kappa shape index (κ2) is 15.8. The molecule has 9 heteroatoms. The summed E-state index contributed by atoms with van der Waals surface area (Å²) in [6.07, 6.45) is 3.58. The van der Waals surface area contributed by atoms with Crippen LogP contribution < -0.4 is 26.5 Å². The smallest absolute Gasteiger partial charge is 0.275 e. The van der Waals surface area contributed by atoms with Crippen molar-refractivity contribution in [1.82, 2.24) is 10.5 Å². The van der Waals surface area contributed by atoms with Crippen LogP contribution in [0.15, 0.2) is 108 Å². The molecule has 1 heterocycles. The van der Waals surface area contributed by atoms with Crippen LogP contribution >= 0.6 is 7.26 Å². The first-order valence-corrected chi connectivity index (χ1v) is 18.4. The molecule has 5 aromatic rings. The summed E-state index contributed by atoms with van der Waals surface area (Å²) in [4.78, 5) is 26.2. The monoisotopic (exact) mass is 664 g/mol. The lowest BCUT2D eigenvalue weighted by atomic mass is 9.97. The molecule has 0 spiro atoms. The van der Waals surface area contributed by atoms with Crippen LogP contribution in [0.25, 0.3) is 11.3 Å². The Morgan fingerprint density at radius 2 is 1.35 bits per heavy atom. The maximum absolute atomic E-state index is 13.4. The topological polar surface area (TPSA) is 125 Å². The van der Waals surface area contributed by atoms with E-state index in [-0.39, 0.29) is 52.4 Å². The third kappa shape index (κ3) is 7.45. The van der Waals surface area contributed by atoms with Gasteiger partial charge < -0.3 is 25.4 Å². The quantitative estimate of drug-likeness (QED) is 0.0741. The molecule has 0 aliphatic heterocycles. The average Bonchev–Trinajstić information content (AvgIpc) is 3.50. The van der Waals surface area contributed by atoms with Crippen LogP contribution in [0.2, 0.25) is 0 Å². The van der Waals surface area contributed by atoms with E-state index in [1.807, 2.05) is 13.8 Å². The number of nitrogens with one attached hydrogen (secondary N) is 2. The van der Waals surface area contributed by atoms with Crippen molar-refractivity contribution >= 4 is 40.7 Å². The molecule has 0 fully saturated rings. The van der Waals surface area contributed by atoms with Crippen molar-refractivity contribution in [2.75, 3.05) is 18.0 Å². The Labute approximate surface area is 282 Å². The number of aromatic hydroxyl groups is 2. The Bertz CT molecular complexity index is 1730. The zero-order valence-electron chi connectivity index (χ0n) is 27.6. The molecule has 0 radical (unpaired) electrons. The SMILES string of the molecule is CCNC(=O)c1noc(-c2cc(C(C)C)c(O)cc2O)c1NC(=O)CCCCC[P+](c1ccccc1)(c1ccccc1)c1ccccc1. The van der Waals surface area contributed by atoms with Gasteiger partial charge in [-0.25, -0.2) is 0 Å². The third-order valence-electron chi connectivity index (χ3n) is 8.51. The summed E-state index contributed by atoms with van der Waals surface area (Å²) < 4.78 is 5.55. The molecule has 48 heavy (non-hydrogen) atoms. The molecule has 4 N–H and O–H groups in total. The van der Waals surface area contributed by atoms with Crippen molar-refractivity contribution in [3.63, 3.8) is 0 Å². The van der Waals surface area contributed by atoms with Crippen LogP contribution in [-0.4, -0.2) is 39.9 Å². The standard InChI is InChI=1S/C39H42N3O5P/c1-4-40-39(46)37-36(38(47-42-37)32-25-31(27(2)3)33(43)26-34(32)44)41-35(45)23-15-8-16-24-48(28-17-9-5-10-18-28,29-19-11-6-12-20-29)30-21-13-7-14-22-30/h5-7,9-14,17-22,25-27H,4,8,15-16,23-24H2,1-3H3,(H3-,40,41,42,43,44,45,46)/p+1. The summed E-state index contributed by atoms with van der Waals surface area (Å²) in [6.45, 7) is 5.95. The molecule has 0 aliphatic rings. The first kappa shape index (κ1) is 34.4. The number of rotatable bonds is 14. The summed E-state index contributed by atoms with van der Waals surface area (Å²) in [5.41, 5.74) is 0.806. The van der Waals surface area contributed by atoms with E-state index in [1.54, 1.807) is 13.0 Å². The van der Waals surface area contributed by atoms with Gasteiger partial charge in [-0.05, 0) is 80.1 Å². The molecule has 4 aromatic carbocycles. The first-order chi connectivity index (χ1) is 23.3. The predicted octanol–water partition coefficient (Wildman–Crippen LogP) is 7.12. The summed E-state index contributed by atoms with van der Waals surface area (Å²) in [5.74, 6) is -1.12. The fraction of sp³-hybridized carbons (Fsp3) is 0.256. The van der Waals surface area contributed by atoms with Crippen LogP contribution in [0.4, 0.5) is 5.69 Å². The Morgan fingerprint density at radius 1 is 0.792 bits per heavy atom. The lowest BCUT2D eigenvalue weighted by Gasteiger charge is -2.27. The van der Waals surface area contributed by atoms with Gasteiger partial charge in [0.15, 0.2) is 11.5 Å². The molecule has 0 saturated carbocycles. The molecule has 0 unspecified atom stereocenters. The van der Waals surface area contributed by atoms with Gasteiger partial charge in [0, 0.05) is 19.0 Å². The molecule has 2 amide bonds. The highest BCUT2D eigenvalue weighted by atomic mass is 31.2. The van der Waals surface area contributed by atoms with Gasteiger partial charge in [0.1, 0.15) is 40.4 Å². The van der Waals surface area contributed by atoms with Gasteiger partial charge in [0.2, 0.25) is 5.91 Å². The molecule has 5 rings (SSSR count). The highest BCUT2D eigenvalue weighted by molar-refractivity contribution is 7.95. The Morgan fingerprint density at radius 3 is 1.88 bits per heavy atom. The number of benzene rings is 4. The molecule has 0 atom stereocenters. The van der Waals surface area contributed by atoms with E-state index in [4.69, 9.17) is 4.52 Å². The fourth-order valence-electron chi connectivity index (χ4n) is 6.12. The van der Waals surface area contributed by atoms with Crippen molar-refractivity contribution in [2.45, 2.75) is 52.4 Å². The Balaban J connectivity index is 1.34. The van der Waals surface area contributed by atoms with E-state index < -0.39 is 13.2 Å². The van der Waals surface area contributed by atoms with Crippen molar-refractivity contribution in [3.8, 4) is 22.8 Å². The number of unbranched alkanes of at least 4 members (excludes halogenated alkanes) is 2. The minimum absolute atomic E-state index is 0.0483. The van der Waals surface area contributed by atoms with Crippen LogP contribution in [-0.2, 0) is 4.79 Å². The number of carbonyl (C=O) groups is 2. The third-order valence-corrected chi connectivity index (χ3v) is 13.0. The molecule has 8 nitrogen and oxygen atoms in total. The molecule has 1 aromatic heterocycles. The molecule has 0 aliphatic carbocycles. The van der Waals surface area contributed by atoms with E-state index in [9.17, 15) is 19.8 Å². The minimum atomic E-state index is -1.96. The number of phenolic OH excluding ortho intramolecular Hbond substituents is 2. The lowest BCUT2D eigenvalue weighted by Crippen LogP contribution is -2.33. The first-order valence-electron chi connectivity index (χ1n) is 16.4. The summed E-state index contributed by atoms with van der Waals surface area (Å²) in [6, 6.07) is 35.0. The van der Waals surface area contributed by atoms with Gasteiger partial charge >= 0.3 is 0 Å². The van der Waals surface area contributed by atoms with Crippen LogP contribution in [0.5, 0.6) is 11.5 Å². The normalized spacial score (nSPS) is 11.4. The Hall–Kier alpha value is -4.94. The summed E-state index contributed by atoms with van der Waals surface area (Å²) in [5, 5.41) is 34.6. The maximum atomic E-state index is 13.4. The van der Waals surface area contributed by atoms with E-state index >= 15 is 0 Å². The second-order valence-corrected chi connectivity index (χ2v) is 15.7. The fourth-order valence-corrected chi connectivity index (χ4v) is 10.5. The summed E-state index contributed by atoms with van der Waals surface area (Å²) >= 11 is 0. The van der Waals surface area contributed by atoms with Gasteiger partial charge in [-0.2, -0.15) is 0 Å². The van der Waals surface area contributed by atoms with Gasteiger partial charge in [0.25, 0.3) is 5.91 Å². The van der Waals surface area contributed by atoms with Crippen molar-refractivity contribution in [1.29, 1.82) is 0 Å². The van der Waals surface area contributed by atoms with E-state index in [0.717, 1.165) is 19.0 Å². The van der Waals surface area contributed by atoms with Crippen molar-refractivity contribution < 1.29 is 24.3 Å². The number of amides is 2. The van der Waals surface area contributed by atoms with E-state index in [1.165, 1.54) is 22.0 Å². The number of phenols is 2. The molecular formula is C39H43N3O5P+. The minimum Gasteiger partial charge on any atom is -0.508 e. The Kier molecular flexibility index (Phi) is 11.3. The maximum Gasteiger partial charge on any atom is 0.275 e. The molecular weight excluding hydrogens is 621 g/mol. The zero-order valence-corrected chi connectivity index (χ0v) is 28.5. The highest BCUT2D eigenvalue weighted by Gasteiger charge is 2.44. The molecule has 0 saturated heterocycles. The number of hydrogen-bond acceptors (Lipinski definition) is 6. The number of hydrogen-bond donors (Lipinski definition) is 4. The van der Waals surface area contributed by atoms with Crippen LogP contribution in [0.1, 0.15) is 68.4 Å². The zero-order chi connectivity index (χ0) is 34.1. The van der Waals surface area contributed by atoms with Crippen LogP contribution in [0.3, 0.4) is 0 Å². The highest BCUT2D eigenvalue weighted by Crippen LogP contribution is 2.56. The van der Waals surface area contributed by atoms with Gasteiger partial charge in [-0.1, -0.05) is 73.6 Å². The second-order valence-electron chi connectivity index (χ2n) is 12.1. The van der Waals surface area contributed by atoms with Crippen LogP contribution in [0, 0.1) is 0 Å². The number of aromatic nitrogens is 1. The van der Waals surface area contributed by atoms with Crippen molar-refractivity contribution in [2.24, 2.45) is 0 Å². The van der Waals surface area contributed by atoms with Crippen molar-refractivity contribution in [3.05, 3.63) is 114 Å². The van der Waals surface area contributed by atoms with Gasteiger partial charge in [0.05, 0.1) is 11.7 Å². The van der Waals surface area contributed by atoms with E-state index in [2.05, 4.69) is 107 Å². The molecule has 248 valence electrons. The van der Waals surface area contributed by atoms with E-state index in [0.29, 0.717) is 18.5 Å². The predicted molar refractivity (Wildman–Crippen MR) is 194 cm³/mol. The molecule has 0 bridgehead atoms. The average molecular weight is 665 g/mol. The number of anilines is 1. The largest absolute Gasteiger partial charge is 0.508 e. The lowest BCUT2D eigenvalue weighted by molar-refractivity contribution is -0.116. The van der Waals surface area contributed by atoms with Gasteiger partial charge in [-0.3, -0.25) is 9.59 Å².